The number of aliphatic hydroxyl groups is 5. The van der Waals surface area contributed by atoms with Crippen molar-refractivity contribution >= 4 is 16.3 Å². The monoisotopic (exact) mass is 747 g/mol. The minimum Gasteiger partial charge on any atom is -0.394 e. The van der Waals surface area contributed by atoms with Gasteiger partial charge in [0.05, 0.1) is 25.4 Å². The van der Waals surface area contributed by atoms with Gasteiger partial charge >= 0.3 is 10.4 Å². The molecule has 8 atom stereocenters. The normalized spacial score (nSPS) is 23.5. The summed E-state index contributed by atoms with van der Waals surface area (Å²) < 4.78 is 47.1. The number of nitrogens with one attached hydrogen (secondary N) is 1. The summed E-state index contributed by atoms with van der Waals surface area (Å²) in [6.45, 7) is 3.02. The summed E-state index contributed by atoms with van der Waals surface area (Å²) >= 11 is 0. The standard InChI is InChI=1S/C37H65NO12S/c1-3-5-7-9-11-13-14-15-16-17-18-20-22-24-26-31(41)36(44)38-29(30(40)25-23-21-19-12-10-8-6-4-2)28-48-37-34(43)35(50-51(45,46)47)33(42)32(27-39)49-37/h10-15,23,25,29-35,37,39-43H,3-9,16-22,24,26-28H2,1-2H3,(H,38,44)(H,45,46,47)/b12-10+,13-11-,15-14-,25-23+. The molecular weight excluding hydrogens is 682 g/mol. The van der Waals surface area contributed by atoms with E-state index in [9.17, 15) is 38.7 Å². The second-order valence-electron chi connectivity index (χ2n) is 13.0. The molecule has 1 fully saturated rings. The van der Waals surface area contributed by atoms with E-state index in [0.717, 1.165) is 64.2 Å². The quantitative estimate of drug-likeness (QED) is 0.0247. The van der Waals surface area contributed by atoms with E-state index >= 15 is 0 Å². The van der Waals surface area contributed by atoms with Crippen LogP contribution >= 0.6 is 0 Å². The van der Waals surface area contributed by atoms with E-state index in [-0.39, 0.29) is 6.42 Å². The van der Waals surface area contributed by atoms with Crippen LogP contribution in [0.5, 0.6) is 0 Å². The highest BCUT2D eigenvalue weighted by molar-refractivity contribution is 7.80. The summed E-state index contributed by atoms with van der Waals surface area (Å²) in [5, 5.41) is 54.6. The maximum Gasteiger partial charge on any atom is 0.397 e. The van der Waals surface area contributed by atoms with Crippen LogP contribution in [0, 0.1) is 0 Å². The fraction of sp³-hybridized carbons (Fsp3) is 0.757. The maximum atomic E-state index is 13.0. The van der Waals surface area contributed by atoms with Crippen LogP contribution in [-0.2, 0) is 28.9 Å². The molecule has 1 aliphatic rings. The molecule has 0 saturated carbocycles. The molecule has 1 amide bonds. The second kappa shape index (κ2) is 28.5. The summed E-state index contributed by atoms with van der Waals surface area (Å²) in [5.74, 6) is -0.732. The molecule has 1 saturated heterocycles. The number of carbonyl (C=O) groups is 1. The first-order valence-corrected chi connectivity index (χ1v) is 20.0. The van der Waals surface area contributed by atoms with Gasteiger partial charge in [0.2, 0.25) is 5.91 Å². The molecule has 0 aliphatic carbocycles. The highest BCUT2D eigenvalue weighted by Gasteiger charge is 2.48. The topological polar surface area (TPSA) is 212 Å². The number of rotatable bonds is 29. The SMILES string of the molecule is CCCC/C=C/CC/C=C/C(O)C(COC1OC(CO)C(O)C(OS(=O)(=O)O)C1O)NC(=O)C(O)CCCCCCC/C=C\C=C/CCCCC. The van der Waals surface area contributed by atoms with Gasteiger partial charge in [-0.2, -0.15) is 8.42 Å². The molecule has 0 spiro atoms. The summed E-state index contributed by atoms with van der Waals surface area (Å²) in [4.78, 5) is 13.0. The third-order valence-electron chi connectivity index (χ3n) is 8.47. The van der Waals surface area contributed by atoms with Gasteiger partial charge in [0.1, 0.15) is 30.5 Å². The molecule has 0 aromatic rings. The molecule has 14 heteroatoms. The van der Waals surface area contributed by atoms with Crippen LogP contribution in [0.25, 0.3) is 0 Å². The van der Waals surface area contributed by atoms with Crippen LogP contribution in [0.2, 0.25) is 0 Å². The molecule has 296 valence electrons. The van der Waals surface area contributed by atoms with Crippen LogP contribution in [-0.4, -0.2) is 107 Å². The Balaban J connectivity index is 2.71. The summed E-state index contributed by atoms with van der Waals surface area (Å²) in [7, 11) is -5.12. The number of aliphatic hydroxyl groups excluding tert-OH is 5. The lowest BCUT2D eigenvalue weighted by Crippen LogP contribution is -2.61. The van der Waals surface area contributed by atoms with Gasteiger partial charge in [-0.05, 0) is 51.4 Å². The van der Waals surface area contributed by atoms with Crippen LogP contribution < -0.4 is 5.32 Å². The van der Waals surface area contributed by atoms with Crippen molar-refractivity contribution in [1.82, 2.24) is 5.32 Å². The zero-order valence-corrected chi connectivity index (χ0v) is 31.3. The number of ether oxygens (including phenoxy) is 2. The maximum absolute atomic E-state index is 13.0. The Kier molecular flexibility index (Phi) is 26.3. The molecule has 51 heavy (non-hydrogen) atoms. The van der Waals surface area contributed by atoms with Crippen molar-refractivity contribution in [1.29, 1.82) is 0 Å². The molecule has 0 radical (unpaired) electrons. The third kappa shape index (κ3) is 22.0. The summed E-state index contributed by atoms with van der Waals surface area (Å²) in [5.41, 5.74) is 0. The van der Waals surface area contributed by atoms with Gasteiger partial charge < -0.3 is 40.3 Å². The first-order valence-electron chi connectivity index (χ1n) is 18.6. The zero-order chi connectivity index (χ0) is 37.9. The van der Waals surface area contributed by atoms with Crippen LogP contribution in [0.4, 0.5) is 0 Å². The highest BCUT2D eigenvalue weighted by Crippen LogP contribution is 2.26. The predicted octanol–water partition coefficient (Wildman–Crippen LogP) is 4.34. The fourth-order valence-corrected chi connectivity index (χ4v) is 5.90. The number of hydrogen-bond acceptors (Lipinski definition) is 11. The van der Waals surface area contributed by atoms with Crippen molar-refractivity contribution in [3.63, 3.8) is 0 Å². The highest BCUT2D eigenvalue weighted by atomic mass is 32.3. The number of hydrogen-bond donors (Lipinski definition) is 7. The lowest BCUT2D eigenvalue weighted by molar-refractivity contribution is -0.298. The van der Waals surface area contributed by atoms with E-state index in [2.05, 4.69) is 59.8 Å². The van der Waals surface area contributed by atoms with E-state index in [0.29, 0.717) is 12.8 Å². The number of allylic oxidation sites excluding steroid dienone is 7. The van der Waals surface area contributed by atoms with Gasteiger partial charge in [0.15, 0.2) is 6.29 Å². The van der Waals surface area contributed by atoms with Crippen molar-refractivity contribution in [3.05, 3.63) is 48.6 Å². The first kappa shape index (κ1) is 47.0. The first-order chi connectivity index (χ1) is 24.4. The van der Waals surface area contributed by atoms with Gasteiger partial charge in [-0.25, -0.2) is 4.18 Å². The number of unbranched alkanes of at least 4 members (excludes halogenated alkanes) is 11. The molecule has 8 unspecified atom stereocenters. The lowest BCUT2D eigenvalue weighted by atomic mass is 9.99. The molecule has 0 aromatic carbocycles. The van der Waals surface area contributed by atoms with Crippen LogP contribution in [0.3, 0.4) is 0 Å². The molecule has 1 rings (SSSR count). The average Bonchev–Trinajstić information content (AvgIpc) is 3.09. The van der Waals surface area contributed by atoms with Crippen LogP contribution in [0.15, 0.2) is 48.6 Å². The third-order valence-corrected chi connectivity index (χ3v) is 8.93. The van der Waals surface area contributed by atoms with E-state index in [1.54, 1.807) is 6.08 Å². The second-order valence-corrected chi connectivity index (χ2v) is 14.0. The Morgan fingerprint density at radius 3 is 2.04 bits per heavy atom. The minimum atomic E-state index is -5.12. The molecule has 0 aromatic heterocycles. The van der Waals surface area contributed by atoms with Crippen molar-refractivity contribution in [3.8, 4) is 0 Å². The summed E-state index contributed by atoms with van der Waals surface area (Å²) in [6, 6.07) is -1.14. The Morgan fingerprint density at radius 2 is 1.39 bits per heavy atom. The fourth-order valence-electron chi connectivity index (χ4n) is 5.39. The van der Waals surface area contributed by atoms with Gasteiger partial charge in [0, 0.05) is 0 Å². The van der Waals surface area contributed by atoms with Gasteiger partial charge in [-0.3, -0.25) is 9.35 Å². The average molecular weight is 748 g/mol. The summed E-state index contributed by atoms with van der Waals surface area (Å²) in [6.07, 6.45) is 19.6. The van der Waals surface area contributed by atoms with Crippen molar-refractivity contribution in [2.75, 3.05) is 13.2 Å². The van der Waals surface area contributed by atoms with E-state index in [1.807, 2.05) is 0 Å². The van der Waals surface area contributed by atoms with E-state index < -0.39 is 78.5 Å². The van der Waals surface area contributed by atoms with Gasteiger partial charge in [-0.1, -0.05) is 114 Å². The lowest BCUT2D eigenvalue weighted by Gasteiger charge is -2.41. The van der Waals surface area contributed by atoms with Crippen molar-refractivity contribution < 1.29 is 57.0 Å². The van der Waals surface area contributed by atoms with E-state index in [4.69, 9.17) is 14.0 Å². The van der Waals surface area contributed by atoms with Crippen molar-refractivity contribution in [2.24, 2.45) is 0 Å². The molecule has 1 aliphatic heterocycles. The largest absolute Gasteiger partial charge is 0.397 e. The minimum absolute atomic E-state index is 0.216. The molecular formula is C37H65NO12S. The molecule has 7 N–H and O–H groups in total. The molecule has 13 nitrogen and oxygen atoms in total. The van der Waals surface area contributed by atoms with Crippen molar-refractivity contribution in [2.45, 2.75) is 166 Å². The van der Waals surface area contributed by atoms with Gasteiger partial charge in [0.25, 0.3) is 0 Å². The zero-order valence-electron chi connectivity index (χ0n) is 30.5. The Labute approximate surface area is 305 Å². The Hall–Kier alpha value is -1.98. The Bertz CT molecular complexity index is 1130. The van der Waals surface area contributed by atoms with Gasteiger partial charge in [-0.15, -0.1) is 0 Å². The Morgan fingerprint density at radius 1 is 0.804 bits per heavy atom. The van der Waals surface area contributed by atoms with Crippen LogP contribution in [0.1, 0.15) is 117 Å². The molecule has 1 heterocycles. The number of carbonyl (C=O) groups excluding carboxylic acids is 1. The molecule has 0 bridgehead atoms. The van der Waals surface area contributed by atoms with E-state index in [1.165, 1.54) is 25.3 Å². The predicted molar refractivity (Wildman–Crippen MR) is 196 cm³/mol. The smallest absolute Gasteiger partial charge is 0.394 e. The number of amides is 1.